The van der Waals surface area contributed by atoms with Crippen LogP contribution in [0.2, 0.25) is 10.0 Å². The van der Waals surface area contributed by atoms with Gasteiger partial charge in [-0.2, -0.15) is 0 Å². The summed E-state index contributed by atoms with van der Waals surface area (Å²) in [6.45, 7) is 2.22. The number of carbonyl (C=O) groups is 2. The van der Waals surface area contributed by atoms with E-state index in [9.17, 15) is 9.59 Å². The second kappa shape index (κ2) is 8.59. The predicted octanol–water partition coefficient (Wildman–Crippen LogP) is 5.45. The smallest absolute Gasteiger partial charge is 0.350 e. The standard InChI is InChI=1S/C19H21Cl2NO3S/c1-11(18(23)22-10-12-5-3-2-4-6-12)25-19(24)17-16(21)14-8-7-13(20)9-15(14)26-17/h7-9,11-12H,2-6,10H2,1H3,(H,22,23)/t11-/m0/s1. The number of carbonyl (C=O) groups excluding carboxylic acids is 2. The van der Waals surface area contributed by atoms with Gasteiger partial charge in [0.15, 0.2) is 6.10 Å². The molecule has 0 spiro atoms. The summed E-state index contributed by atoms with van der Waals surface area (Å²) in [5, 5.41) is 4.56. The summed E-state index contributed by atoms with van der Waals surface area (Å²) in [6.07, 6.45) is 5.15. The molecule has 1 saturated carbocycles. The number of rotatable bonds is 5. The topological polar surface area (TPSA) is 55.4 Å². The molecule has 1 aromatic heterocycles. The minimum Gasteiger partial charge on any atom is -0.448 e. The van der Waals surface area contributed by atoms with Gasteiger partial charge in [-0.25, -0.2) is 4.79 Å². The SMILES string of the molecule is C[C@H](OC(=O)c1sc2cc(Cl)ccc2c1Cl)C(=O)NCC1CCCCC1. The Kier molecular flexibility index (Phi) is 6.43. The van der Waals surface area contributed by atoms with Crippen molar-refractivity contribution in [2.45, 2.75) is 45.1 Å². The van der Waals surface area contributed by atoms with Gasteiger partial charge in [-0.05, 0) is 37.8 Å². The van der Waals surface area contributed by atoms with E-state index < -0.39 is 12.1 Å². The van der Waals surface area contributed by atoms with Crippen LogP contribution in [0.5, 0.6) is 0 Å². The summed E-state index contributed by atoms with van der Waals surface area (Å²) in [4.78, 5) is 24.9. The highest BCUT2D eigenvalue weighted by atomic mass is 35.5. The molecule has 1 aromatic carbocycles. The summed E-state index contributed by atoms with van der Waals surface area (Å²) >= 11 is 13.5. The third kappa shape index (κ3) is 4.51. The maximum atomic E-state index is 12.4. The van der Waals surface area contributed by atoms with Crippen molar-refractivity contribution in [3.05, 3.63) is 33.1 Å². The fraction of sp³-hybridized carbons (Fsp3) is 0.474. The molecule has 26 heavy (non-hydrogen) atoms. The van der Waals surface area contributed by atoms with Gasteiger partial charge in [0.05, 0.1) is 5.02 Å². The van der Waals surface area contributed by atoms with Crippen LogP contribution in [0, 0.1) is 5.92 Å². The van der Waals surface area contributed by atoms with Crippen molar-refractivity contribution in [3.8, 4) is 0 Å². The first-order chi connectivity index (χ1) is 12.5. The first-order valence-electron chi connectivity index (χ1n) is 8.82. The van der Waals surface area contributed by atoms with E-state index in [0.29, 0.717) is 22.5 Å². The zero-order valence-corrected chi connectivity index (χ0v) is 16.8. The molecule has 140 valence electrons. The minimum absolute atomic E-state index is 0.274. The molecule has 0 unspecified atom stereocenters. The lowest BCUT2D eigenvalue weighted by Gasteiger charge is -2.22. The van der Waals surface area contributed by atoms with E-state index in [0.717, 1.165) is 22.9 Å². The number of esters is 1. The summed E-state index contributed by atoms with van der Waals surface area (Å²) < 4.78 is 6.13. The van der Waals surface area contributed by atoms with Crippen LogP contribution in [0.25, 0.3) is 10.1 Å². The van der Waals surface area contributed by atoms with Crippen molar-refractivity contribution >= 4 is 56.5 Å². The van der Waals surface area contributed by atoms with E-state index in [1.807, 2.05) is 0 Å². The van der Waals surface area contributed by atoms with Gasteiger partial charge in [0.25, 0.3) is 5.91 Å². The lowest BCUT2D eigenvalue weighted by molar-refractivity contribution is -0.129. The molecule has 1 aliphatic rings. The van der Waals surface area contributed by atoms with E-state index in [4.69, 9.17) is 27.9 Å². The third-order valence-corrected chi connectivity index (χ3v) is 6.59. The number of ether oxygens (including phenoxy) is 1. The molecule has 1 fully saturated rings. The minimum atomic E-state index is -0.865. The number of hydrogen-bond acceptors (Lipinski definition) is 4. The fourth-order valence-electron chi connectivity index (χ4n) is 3.22. The highest BCUT2D eigenvalue weighted by Crippen LogP contribution is 2.37. The van der Waals surface area contributed by atoms with Gasteiger partial charge >= 0.3 is 5.97 Å². The molecule has 7 heteroatoms. The third-order valence-electron chi connectivity index (χ3n) is 4.72. The van der Waals surface area contributed by atoms with Crippen LogP contribution in [0.1, 0.15) is 48.7 Å². The Morgan fingerprint density at radius 3 is 2.73 bits per heavy atom. The van der Waals surface area contributed by atoms with Gasteiger partial charge < -0.3 is 10.1 Å². The average molecular weight is 414 g/mol. The Labute approximate surface area is 166 Å². The van der Waals surface area contributed by atoms with E-state index in [1.54, 1.807) is 25.1 Å². The average Bonchev–Trinajstić information content (AvgIpc) is 2.96. The first-order valence-corrected chi connectivity index (χ1v) is 10.4. The van der Waals surface area contributed by atoms with Crippen LogP contribution < -0.4 is 5.32 Å². The number of amides is 1. The summed E-state index contributed by atoms with van der Waals surface area (Å²) in [5.74, 6) is -0.339. The molecule has 0 radical (unpaired) electrons. The van der Waals surface area contributed by atoms with Gasteiger partial charge in [-0.1, -0.05) is 48.5 Å². The maximum Gasteiger partial charge on any atom is 0.350 e. The molecule has 1 amide bonds. The van der Waals surface area contributed by atoms with Crippen molar-refractivity contribution in [3.63, 3.8) is 0 Å². The lowest BCUT2D eigenvalue weighted by atomic mass is 9.89. The van der Waals surface area contributed by atoms with Gasteiger partial charge in [-0.15, -0.1) is 11.3 Å². The van der Waals surface area contributed by atoms with Crippen molar-refractivity contribution in [1.82, 2.24) is 5.32 Å². The molecule has 0 bridgehead atoms. The Morgan fingerprint density at radius 2 is 2.00 bits per heavy atom. The second-order valence-corrected chi connectivity index (χ2v) is 8.55. The highest BCUT2D eigenvalue weighted by Gasteiger charge is 2.24. The van der Waals surface area contributed by atoms with E-state index in [1.165, 1.54) is 30.6 Å². The van der Waals surface area contributed by atoms with Crippen LogP contribution in [-0.2, 0) is 9.53 Å². The molecular weight excluding hydrogens is 393 g/mol. The van der Waals surface area contributed by atoms with Crippen LogP contribution in [0.4, 0.5) is 0 Å². The van der Waals surface area contributed by atoms with Crippen LogP contribution in [-0.4, -0.2) is 24.5 Å². The molecule has 1 heterocycles. The number of fused-ring (bicyclic) bond motifs is 1. The van der Waals surface area contributed by atoms with E-state index in [-0.39, 0.29) is 10.8 Å². The Balaban J connectivity index is 1.59. The van der Waals surface area contributed by atoms with Gasteiger partial charge in [-0.3, -0.25) is 4.79 Å². The van der Waals surface area contributed by atoms with E-state index in [2.05, 4.69) is 5.32 Å². The quantitative estimate of drug-likeness (QED) is 0.662. The lowest BCUT2D eigenvalue weighted by Crippen LogP contribution is -2.38. The molecule has 1 atom stereocenters. The van der Waals surface area contributed by atoms with Crippen LogP contribution in [0.3, 0.4) is 0 Å². The number of benzene rings is 1. The molecule has 1 N–H and O–H groups in total. The Morgan fingerprint density at radius 1 is 1.27 bits per heavy atom. The molecule has 3 rings (SSSR count). The van der Waals surface area contributed by atoms with Crippen molar-refractivity contribution in [1.29, 1.82) is 0 Å². The van der Waals surface area contributed by atoms with Crippen LogP contribution >= 0.6 is 34.5 Å². The molecule has 0 saturated heterocycles. The number of halogens is 2. The molecule has 4 nitrogen and oxygen atoms in total. The molecule has 2 aromatic rings. The van der Waals surface area contributed by atoms with Crippen molar-refractivity contribution in [2.24, 2.45) is 5.92 Å². The highest BCUT2D eigenvalue weighted by molar-refractivity contribution is 7.21. The maximum absolute atomic E-state index is 12.4. The molecular formula is C19H21Cl2NO3S. The zero-order chi connectivity index (χ0) is 18.7. The van der Waals surface area contributed by atoms with Crippen LogP contribution in [0.15, 0.2) is 18.2 Å². The zero-order valence-electron chi connectivity index (χ0n) is 14.5. The summed E-state index contributed by atoms with van der Waals surface area (Å²) in [5.41, 5.74) is 0. The van der Waals surface area contributed by atoms with Crippen molar-refractivity contribution in [2.75, 3.05) is 6.54 Å². The summed E-state index contributed by atoms with van der Waals surface area (Å²) in [7, 11) is 0. The second-order valence-electron chi connectivity index (χ2n) is 6.68. The fourth-order valence-corrected chi connectivity index (χ4v) is 4.89. The number of hydrogen-bond donors (Lipinski definition) is 1. The predicted molar refractivity (Wildman–Crippen MR) is 106 cm³/mol. The van der Waals surface area contributed by atoms with Gasteiger partial charge in [0, 0.05) is 21.7 Å². The Bertz CT molecular complexity index is 814. The monoisotopic (exact) mass is 413 g/mol. The largest absolute Gasteiger partial charge is 0.448 e. The number of thiophene rings is 1. The Hall–Kier alpha value is -1.30. The number of nitrogens with one attached hydrogen (secondary N) is 1. The first kappa shape index (κ1) is 19.5. The molecule has 1 aliphatic carbocycles. The molecule has 0 aliphatic heterocycles. The van der Waals surface area contributed by atoms with Gasteiger partial charge in [0.1, 0.15) is 4.88 Å². The van der Waals surface area contributed by atoms with E-state index >= 15 is 0 Å². The normalized spacial score (nSPS) is 16.4. The van der Waals surface area contributed by atoms with Gasteiger partial charge in [0.2, 0.25) is 0 Å². The van der Waals surface area contributed by atoms with Crippen molar-refractivity contribution < 1.29 is 14.3 Å². The summed E-state index contributed by atoms with van der Waals surface area (Å²) in [6, 6.07) is 5.25.